The largest absolute Gasteiger partial charge is 0.379 e. The molecule has 5 heteroatoms. The summed E-state index contributed by atoms with van der Waals surface area (Å²) in [4.78, 5) is 14.7. The van der Waals surface area contributed by atoms with Crippen LogP contribution >= 0.6 is 0 Å². The third-order valence-electron chi connectivity index (χ3n) is 5.92. The molecule has 0 aromatic rings. The quantitative estimate of drug-likeness (QED) is 0.698. The molecule has 138 valence electrons. The van der Waals surface area contributed by atoms with Crippen molar-refractivity contribution in [3.63, 3.8) is 0 Å². The minimum Gasteiger partial charge on any atom is -0.379 e. The summed E-state index contributed by atoms with van der Waals surface area (Å²) in [5.74, 6) is 0.684. The van der Waals surface area contributed by atoms with Gasteiger partial charge in [-0.15, -0.1) is 0 Å². The van der Waals surface area contributed by atoms with Gasteiger partial charge in [-0.1, -0.05) is 12.8 Å². The summed E-state index contributed by atoms with van der Waals surface area (Å²) in [6, 6.07) is 0. The molecule has 3 rings (SSSR count). The van der Waals surface area contributed by atoms with Crippen LogP contribution in [0.3, 0.4) is 0 Å². The maximum absolute atomic E-state index is 12.6. The molecular weight excluding hydrogens is 306 g/mol. The van der Waals surface area contributed by atoms with Gasteiger partial charge < -0.3 is 19.1 Å². The van der Waals surface area contributed by atoms with Gasteiger partial charge in [0.15, 0.2) is 0 Å². The summed E-state index contributed by atoms with van der Waals surface area (Å²) in [6.07, 6.45) is 8.74. The first-order chi connectivity index (χ1) is 11.7. The van der Waals surface area contributed by atoms with Crippen molar-refractivity contribution in [2.45, 2.75) is 70.0 Å². The number of carbonyl (C=O) groups excluding carboxylic acids is 1. The molecular formula is C19H33NO4. The zero-order valence-corrected chi connectivity index (χ0v) is 15.1. The van der Waals surface area contributed by atoms with Crippen molar-refractivity contribution in [1.29, 1.82) is 0 Å². The van der Waals surface area contributed by atoms with Crippen LogP contribution in [0.25, 0.3) is 0 Å². The zero-order chi connectivity index (χ0) is 16.8. The molecule has 0 radical (unpaired) electrons. The lowest BCUT2D eigenvalue weighted by Crippen LogP contribution is -2.52. The highest BCUT2D eigenvalue weighted by Gasteiger charge is 2.42. The number of nitrogens with zero attached hydrogens (tertiary/aromatic N) is 1. The molecule has 0 N–H and O–H groups in total. The van der Waals surface area contributed by atoms with Crippen molar-refractivity contribution in [2.24, 2.45) is 5.92 Å². The lowest BCUT2D eigenvalue weighted by Gasteiger charge is -2.46. The van der Waals surface area contributed by atoms with E-state index in [4.69, 9.17) is 14.2 Å². The summed E-state index contributed by atoms with van der Waals surface area (Å²) in [7, 11) is 0. The predicted molar refractivity (Wildman–Crippen MR) is 91.9 cm³/mol. The molecule has 5 nitrogen and oxygen atoms in total. The number of hydrogen-bond acceptors (Lipinski definition) is 4. The standard InChI is InChI=1S/C19H33NO4/c1-2-22-13-14-23-17-7-12-24-19(15-17)8-10-20(11-9-19)18(21)16-5-3-4-6-16/h16-17H,2-15H2,1H3. The van der Waals surface area contributed by atoms with Crippen LogP contribution in [0.4, 0.5) is 0 Å². The maximum Gasteiger partial charge on any atom is 0.225 e. The van der Waals surface area contributed by atoms with Gasteiger partial charge in [0, 0.05) is 38.6 Å². The Hall–Kier alpha value is -0.650. The average Bonchev–Trinajstić information content (AvgIpc) is 3.14. The number of carbonyl (C=O) groups is 1. The summed E-state index contributed by atoms with van der Waals surface area (Å²) >= 11 is 0. The van der Waals surface area contributed by atoms with Crippen molar-refractivity contribution in [3.8, 4) is 0 Å². The van der Waals surface area contributed by atoms with E-state index in [1.807, 2.05) is 6.92 Å². The highest BCUT2D eigenvalue weighted by Crippen LogP contribution is 2.37. The molecule has 2 aliphatic heterocycles. The molecule has 2 heterocycles. The van der Waals surface area contributed by atoms with E-state index in [0.29, 0.717) is 25.0 Å². The number of piperidine rings is 1. The van der Waals surface area contributed by atoms with Gasteiger partial charge in [0.1, 0.15) is 0 Å². The fraction of sp³-hybridized carbons (Fsp3) is 0.947. The van der Waals surface area contributed by atoms with Crippen LogP contribution in [0.15, 0.2) is 0 Å². The first kappa shape index (κ1) is 18.2. The van der Waals surface area contributed by atoms with Crippen LogP contribution in [-0.4, -0.2) is 62.0 Å². The molecule has 2 saturated heterocycles. The van der Waals surface area contributed by atoms with Crippen molar-refractivity contribution < 1.29 is 19.0 Å². The lowest BCUT2D eigenvalue weighted by atomic mass is 9.83. The van der Waals surface area contributed by atoms with Gasteiger partial charge in [-0.3, -0.25) is 4.79 Å². The number of rotatable bonds is 6. The molecule has 24 heavy (non-hydrogen) atoms. The highest BCUT2D eigenvalue weighted by atomic mass is 16.5. The van der Waals surface area contributed by atoms with Gasteiger partial charge >= 0.3 is 0 Å². The predicted octanol–water partition coefficient (Wildman–Crippen LogP) is 2.77. The van der Waals surface area contributed by atoms with E-state index in [-0.39, 0.29) is 11.7 Å². The molecule has 3 fully saturated rings. The Labute approximate surface area is 146 Å². The second-order valence-electron chi connectivity index (χ2n) is 7.52. The van der Waals surface area contributed by atoms with Crippen LogP contribution in [0.1, 0.15) is 58.3 Å². The Balaban J connectivity index is 1.44. The smallest absolute Gasteiger partial charge is 0.225 e. The fourth-order valence-corrected chi connectivity index (χ4v) is 4.46. The first-order valence-electron chi connectivity index (χ1n) is 9.84. The number of likely N-dealkylation sites (tertiary alicyclic amines) is 1. The van der Waals surface area contributed by atoms with Crippen LogP contribution in [-0.2, 0) is 19.0 Å². The Kier molecular flexibility index (Phi) is 6.53. The lowest BCUT2D eigenvalue weighted by molar-refractivity contribution is -0.164. The second kappa shape index (κ2) is 8.63. The molecule has 1 aliphatic carbocycles. The van der Waals surface area contributed by atoms with E-state index >= 15 is 0 Å². The van der Waals surface area contributed by atoms with E-state index in [2.05, 4.69) is 4.90 Å². The summed E-state index contributed by atoms with van der Waals surface area (Å²) in [5, 5.41) is 0. The van der Waals surface area contributed by atoms with Crippen LogP contribution in [0, 0.1) is 5.92 Å². The van der Waals surface area contributed by atoms with Gasteiger partial charge in [-0.05, 0) is 39.0 Å². The molecule has 1 saturated carbocycles. The molecule has 3 aliphatic rings. The van der Waals surface area contributed by atoms with Gasteiger partial charge in [0.25, 0.3) is 0 Å². The van der Waals surface area contributed by atoms with Crippen molar-refractivity contribution in [1.82, 2.24) is 4.90 Å². The number of ether oxygens (including phenoxy) is 3. The van der Waals surface area contributed by atoms with Crippen molar-refractivity contribution in [3.05, 3.63) is 0 Å². The molecule has 0 aromatic heterocycles. The molecule has 0 aromatic carbocycles. The van der Waals surface area contributed by atoms with E-state index in [0.717, 1.165) is 64.8 Å². The number of amides is 1. The van der Waals surface area contributed by atoms with Crippen molar-refractivity contribution >= 4 is 5.91 Å². The van der Waals surface area contributed by atoms with Crippen LogP contribution in [0.2, 0.25) is 0 Å². The minimum absolute atomic E-state index is 0.0685. The molecule has 1 spiro atoms. The SMILES string of the molecule is CCOCCOC1CCOC2(CCN(C(=O)C3CCCC3)CC2)C1. The zero-order valence-electron chi connectivity index (χ0n) is 15.1. The van der Waals surface area contributed by atoms with Crippen LogP contribution in [0.5, 0.6) is 0 Å². The summed E-state index contributed by atoms with van der Waals surface area (Å²) < 4.78 is 17.5. The summed E-state index contributed by atoms with van der Waals surface area (Å²) in [6.45, 7) is 6.55. The fourth-order valence-electron chi connectivity index (χ4n) is 4.46. The average molecular weight is 339 g/mol. The Bertz CT molecular complexity index is 400. The monoisotopic (exact) mass is 339 g/mol. The normalized spacial score (nSPS) is 27.7. The van der Waals surface area contributed by atoms with E-state index in [1.165, 1.54) is 12.8 Å². The number of hydrogen-bond donors (Lipinski definition) is 0. The Morgan fingerprint density at radius 1 is 1.17 bits per heavy atom. The highest BCUT2D eigenvalue weighted by molar-refractivity contribution is 5.79. The Morgan fingerprint density at radius 2 is 1.92 bits per heavy atom. The summed E-state index contributed by atoms with van der Waals surface area (Å²) in [5.41, 5.74) is -0.0685. The van der Waals surface area contributed by atoms with Crippen molar-refractivity contribution in [2.75, 3.05) is 39.5 Å². The molecule has 1 unspecified atom stereocenters. The third-order valence-corrected chi connectivity index (χ3v) is 5.92. The molecule has 0 bridgehead atoms. The van der Waals surface area contributed by atoms with E-state index in [9.17, 15) is 4.79 Å². The van der Waals surface area contributed by atoms with Gasteiger partial charge in [0.05, 0.1) is 24.9 Å². The third kappa shape index (κ3) is 4.50. The van der Waals surface area contributed by atoms with E-state index < -0.39 is 0 Å². The van der Waals surface area contributed by atoms with E-state index in [1.54, 1.807) is 0 Å². The first-order valence-corrected chi connectivity index (χ1v) is 9.84. The Morgan fingerprint density at radius 3 is 2.62 bits per heavy atom. The van der Waals surface area contributed by atoms with Gasteiger partial charge in [-0.2, -0.15) is 0 Å². The maximum atomic E-state index is 12.6. The molecule has 1 atom stereocenters. The second-order valence-corrected chi connectivity index (χ2v) is 7.52. The van der Waals surface area contributed by atoms with Gasteiger partial charge in [-0.25, -0.2) is 0 Å². The topological polar surface area (TPSA) is 48.0 Å². The van der Waals surface area contributed by atoms with Crippen LogP contribution < -0.4 is 0 Å². The molecule has 1 amide bonds. The van der Waals surface area contributed by atoms with Gasteiger partial charge in [0.2, 0.25) is 5.91 Å². The minimum atomic E-state index is -0.0685.